The Hall–Kier alpha value is -2.02. The summed E-state index contributed by atoms with van der Waals surface area (Å²) in [5.74, 6) is -0.471. The maximum Gasteiger partial charge on any atom is 0.265 e. The summed E-state index contributed by atoms with van der Waals surface area (Å²) in [6, 6.07) is 9.34. The monoisotopic (exact) mass is 412 g/mol. The van der Waals surface area contributed by atoms with E-state index in [1.165, 1.54) is 12.1 Å². The molecule has 0 saturated carbocycles. The van der Waals surface area contributed by atoms with E-state index in [4.69, 9.17) is 32.7 Å². The van der Waals surface area contributed by atoms with Crippen LogP contribution in [0.1, 0.15) is 6.92 Å². The molecule has 0 radical (unpaired) electrons. The minimum Gasteiger partial charge on any atom is -0.479 e. The number of nitrogens with zero attached hydrogens (tertiary/aromatic N) is 1. The van der Waals surface area contributed by atoms with Gasteiger partial charge in [-0.1, -0.05) is 23.2 Å². The highest BCUT2D eigenvalue weighted by molar-refractivity contribution is 6.35. The molecule has 1 heterocycles. The van der Waals surface area contributed by atoms with E-state index in [1.807, 2.05) is 4.90 Å². The molecule has 1 fully saturated rings. The molecule has 1 aliphatic heterocycles. The van der Waals surface area contributed by atoms with Gasteiger partial charge in [-0.05, 0) is 43.3 Å². The first-order chi connectivity index (χ1) is 12.9. The second-order valence-electron chi connectivity index (χ2n) is 6.09. The largest absolute Gasteiger partial charge is 0.479 e. The minimum absolute atomic E-state index is 0.308. The molecule has 0 aliphatic carbocycles. The predicted octanol–water partition coefficient (Wildman–Crippen LogP) is 4.38. The highest BCUT2D eigenvalue weighted by Gasteiger charge is 2.19. The van der Waals surface area contributed by atoms with Crippen LogP contribution in [0.3, 0.4) is 0 Å². The smallest absolute Gasteiger partial charge is 0.265 e. The standard InChI is InChI=1S/C19H19Cl2FN2O3/c1-12(27-18-5-2-13(20)10-15(18)21)19(25)23-14-3-4-17(16(22)11-14)24-6-8-26-9-7-24/h2-5,10-12H,6-9H2,1H3,(H,23,25). The van der Waals surface area contributed by atoms with E-state index in [9.17, 15) is 9.18 Å². The van der Waals surface area contributed by atoms with E-state index >= 15 is 0 Å². The van der Waals surface area contributed by atoms with E-state index in [1.54, 1.807) is 31.2 Å². The first-order valence-electron chi connectivity index (χ1n) is 8.49. The lowest BCUT2D eigenvalue weighted by Crippen LogP contribution is -2.36. The van der Waals surface area contributed by atoms with Crippen molar-refractivity contribution in [2.45, 2.75) is 13.0 Å². The van der Waals surface area contributed by atoms with Crippen LogP contribution in [0.15, 0.2) is 36.4 Å². The van der Waals surface area contributed by atoms with Gasteiger partial charge in [0.2, 0.25) is 0 Å². The van der Waals surface area contributed by atoms with Crippen LogP contribution in [-0.4, -0.2) is 38.3 Å². The fourth-order valence-electron chi connectivity index (χ4n) is 2.70. The topological polar surface area (TPSA) is 50.8 Å². The Bertz CT molecular complexity index is 829. The SMILES string of the molecule is CC(Oc1ccc(Cl)cc1Cl)C(=O)Nc1ccc(N2CCOCC2)c(F)c1. The third-order valence-electron chi connectivity index (χ3n) is 4.13. The van der Waals surface area contributed by atoms with Crippen LogP contribution >= 0.6 is 23.2 Å². The number of halogens is 3. The zero-order chi connectivity index (χ0) is 19.4. The molecule has 1 N–H and O–H groups in total. The number of rotatable bonds is 5. The van der Waals surface area contributed by atoms with Crippen molar-refractivity contribution in [1.29, 1.82) is 0 Å². The summed E-state index contributed by atoms with van der Waals surface area (Å²) >= 11 is 11.9. The zero-order valence-corrected chi connectivity index (χ0v) is 16.2. The minimum atomic E-state index is -0.828. The van der Waals surface area contributed by atoms with Gasteiger partial charge in [0.25, 0.3) is 5.91 Å². The molecule has 2 aromatic carbocycles. The van der Waals surface area contributed by atoms with Crippen molar-refractivity contribution in [2.24, 2.45) is 0 Å². The fraction of sp³-hybridized carbons (Fsp3) is 0.316. The molecule has 1 unspecified atom stereocenters. The van der Waals surface area contributed by atoms with Crippen LogP contribution in [0.4, 0.5) is 15.8 Å². The second-order valence-corrected chi connectivity index (χ2v) is 6.93. The number of anilines is 2. The van der Waals surface area contributed by atoms with E-state index < -0.39 is 17.8 Å². The molecule has 0 aromatic heterocycles. The van der Waals surface area contributed by atoms with Gasteiger partial charge in [0.1, 0.15) is 11.6 Å². The molecule has 144 valence electrons. The lowest BCUT2D eigenvalue weighted by atomic mass is 10.2. The number of hydrogen-bond donors (Lipinski definition) is 1. The van der Waals surface area contributed by atoms with Crippen molar-refractivity contribution in [3.8, 4) is 5.75 Å². The Morgan fingerprint density at radius 3 is 2.63 bits per heavy atom. The second kappa shape index (κ2) is 8.78. The molecule has 1 aliphatic rings. The Kier molecular flexibility index (Phi) is 6.42. The first kappa shape index (κ1) is 19.7. The third-order valence-corrected chi connectivity index (χ3v) is 4.66. The maximum absolute atomic E-state index is 14.4. The van der Waals surface area contributed by atoms with Crippen LogP contribution in [0.2, 0.25) is 10.0 Å². The number of amides is 1. The van der Waals surface area contributed by atoms with E-state index in [-0.39, 0.29) is 0 Å². The Morgan fingerprint density at radius 2 is 1.96 bits per heavy atom. The predicted molar refractivity (Wildman–Crippen MR) is 105 cm³/mol. The van der Waals surface area contributed by atoms with Crippen LogP contribution in [0, 0.1) is 5.82 Å². The van der Waals surface area contributed by atoms with Crippen LogP contribution in [0.25, 0.3) is 0 Å². The van der Waals surface area contributed by atoms with Gasteiger partial charge in [0.15, 0.2) is 6.10 Å². The Morgan fingerprint density at radius 1 is 1.22 bits per heavy atom. The summed E-state index contributed by atoms with van der Waals surface area (Å²) in [6.45, 7) is 3.99. The number of morpholine rings is 1. The summed E-state index contributed by atoms with van der Waals surface area (Å²) < 4.78 is 25.3. The number of nitrogens with one attached hydrogen (secondary N) is 1. The summed E-state index contributed by atoms with van der Waals surface area (Å²) in [5, 5.41) is 3.43. The van der Waals surface area contributed by atoms with Gasteiger partial charge < -0.3 is 19.7 Å². The lowest BCUT2D eigenvalue weighted by Gasteiger charge is -2.29. The Balaban J connectivity index is 1.63. The van der Waals surface area contributed by atoms with Gasteiger partial charge in [0.05, 0.1) is 23.9 Å². The molecule has 1 saturated heterocycles. The van der Waals surface area contributed by atoms with Crippen molar-refractivity contribution < 1.29 is 18.7 Å². The number of benzene rings is 2. The quantitative estimate of drug-likeness (QED) is 0.791. The van der Waals surface area contributed by atoms with Gasteiger partial charge in [-0.2, -0.15) is 0 Å². The number of carbonyl (C=O) groups is 1. The van der Waals surface area contributed by atoms with Gasteiger partial charge in [-0.25, -0.2) is 4.39 Å². The summed E-state index contributed by atoms with van der Waals surface area (Å²) in [5.41, 5.74) is 0.848. The molecule has 27 heavy (non-hydrogen) atoms. The highest BCUT2D eigenvalue weighted by atomic mass is 35.5. The van der Waals surface area contributed by atoms with E-state index in [2.05, 4.69) is 5.32 Å². The van der Waals surface area contributed by atoms with Gasteiger partial charge in [-0.3, -0.25) is 4.79 Å². The van der Waals surface area contributed by atoms with Crippen LogP contribution in [0.5, 0.6) is 5.75 Å². The average molecular weight is 413 g/mol. The molecular weight excluding hydrogens is 394 g/mol. The molecule has 0 spiro atoms. The van der Waals surface area contributed by atoms with Crippen molar-refractivity contribution in [3.05, 3.63) is 52.3 Å². The van der Waals surface area contributed by atoms with Crippen LogP contribution in [-0.2, 0) is 9.53 Å². The normalized spacial score (nSPS) is 15.3. The molecule has 1 amide bonds. The zero-order valence-electron chi connectivity index (χ0n) is 14.7. The highest BCUT2D eigenvalue weighted by Crippen LogP contribution is 2.29. The first-order valence-corrected chi connectivity index (χ1v) is 9.24. The van der Waals surface area contributed by atoms with E-state index in [0.717, 1.165) is 0 Å². The molecular formula is C19H19Cl2FN2O3. The summed E-state index contributed by atoms with van der Waals surface area (Å²) in [7, 11) is 0. The number of ether oxygens (including phenoxy) is 2. The van der Waals surface area contributed by atoms with Crippen molar-refractivity contribution in [2.75, 3.05) is 36.5 Å². The van der Waals surface area contributed by atoms with Crippen molar-refractivity contribution >= 4 is 40.5 Å². The van der Waals surface area contributed by atoms with Crippen molar-refractivity contribution in [3.63, 3.8) is 0 Å². The van der Waals surface area contributed by atoms with Gasteiger partial charge in [-0.15, -0.1) is 0 Å². The van der Waals surface area contributed by atoms with Crippen LogP contribution < -0.4 is 15.0 Å². The molecule has 5 nitrogen and oxygen atoms in total. The molecule has 2 aromatic rings. The molecule has 1 atom stereocenters. The number of carbonyl (C=O) groups excluding carboxylic acids is 1. The molecule has 8 heteroatoms. The molecule has 0 bridgehead atoms. The fourth-order valence-corrected chi connectivity index (χ4v) is 3.16. The maximum atomic E-state index is 14.4. The summed E-state index contributed by atoms with van der Waals surface area (Å²) in [6.07, 6.45) is -0.828. The molecule has 3 rings (SSSR count). The Labute approximate surface area is 167 Å². The lowest BCUT2D eigenvalue weighted by molar-refractivity contribution is -0.122. The van der Waals surface area contributed by atoms with Gasteiger partial charge >= 0.3 is 0 Å². The van der Waals surface area contributed by atoms with Crippen molar-refractivity contribution in [1.82, 2.24) is 0 Å². The average Bonchev–Trinajstić information content (AvgIpc) is 2.64. The third kappa shape index (κ3) is 5.03. The number of hydrogen-bond acceptors (Lipinski definition) is 4. The van der Waals surface area contributed by atoms with Gasteiger partial charge in [0, 0.05) is 23.8 Å². The summed E-state index contributed by atoms with van der Waals surface area (Å²) in [4.78, 5) is 14.3. The van der Waals surface area contributed by atoms with E-state index in [0.29, 0.717) is 53.5 Å².